The molecule has 0 bridgehead atoms. The van der Waals surface area contributed by atoms with Crippen LogP contribution in [0.15, 0.2) is 16.6 Å². The van der Waals surface area contributed by atoms with E-state index in [2.05, 4.69) is 41.5 Å². The Labute approximate surface area is 130 Å². The summed E-state index contributed by atoms with van der Waals surface area (Å²) in [5.41, 5.74) is 1.43. The minimum absolute atomic E-state index is 0.197. The molecule has 2 aromatic rings. The van der Waals surface area contributed by atoms with Crippen molar-refractivity contribution in [2.24, 2.45) is 0 Å². The first-order valence-electron chi connectivity index (χ1n) is 6.30. The van der Waals surface area contributed by atoms with Crippen LogP contribution in [0.1, 0.15) is 12.5 Å². The van der Waals surface area contributed by atoms with Crippen LogP contribution in [-0.4, -0.2) is 28.6 Å². The van der Waals surface area contributed by atoms with Crippen molar-refractivity contribution in [3.8, 4) is 6.01 Å². The average Bonchev–Trinajstić information content (AvgIpc) is 2.45. The van der Waals surface area contributed by atoms with Crippen LogP contribution >= 0.6 is 15.9 Å². The number of aryl methyl sites for hydroxylation is 1. The van der Waals surface area contributed by atoms with E-state index in [9.17, 15) is 4.39 Å². The van der Waals surface area contributed by atoms with Crippen LogP contribution in [0, 0.1) is 12.7 Å². The minimum Gasteiger partial charge on any atom is -0.467 e. The summed E-state index contributed by atoms with van der Waals surface area (Å²) in [6.07, 6.45) is 0. The van der Waals surface area contributed by atoms with Crippen molar-refractivity contribution in [1.29, 1.82) is 0 Å². The van der Waals surface area contributed by atoms with E-state index < -0.39 is 0 Å². The van der Waals surface area contributed by atoms with Crippen LogP contribution in [0.25, 0.3) is 0 Å². The second-order valence-corrected chi connectivity index (χ2v) is 5.06. The Morgan fingerprint density at radius 3 is 2.62 bits per heavy atom. The molecule has 0 saturated heterocycles. The molecule has 0 amide bonds. The molecule has 0 radical (unpaired) electrons. The summed E-state index contributed by atoms with van der Waals surface area (Å²) >= 11 is 3.16. The fraction of sp³-hybridized carbons (Fsp3) is 0.308. The van der Waals surface area contributed by atoms with Gasteiger partial charge in [-0.15, -0.1) is 0 Å². The fourth-order valence-corrected chi connectivity index (χ4v) is 1.99. The molecule has 2 N–H and O–H groups in total. The molecule has 0 fully saturated rings. The third-order valence-corrected chi connectivity index (χ3v) is 3.25. The van der Waals surface area contributed by atoms with E-state index in [1.807, 2.05) is 6.92 Å². The van der Waals surface area contributed by atoms with Crippen LogP contribution in [0.4, 0.5) is 22.0 Å². The number of methoxy groups -OCH3 is 1. The van der Waals surface area contributed by atoms with Crippen LogP contribution in [0.2, 0.25) is 0 Å². The lowest BCUT2D eigenvalue weighted by molar-refractivity contribution is 0.379. The molecule has 21 heavy (non-hydrogen) atoms. The van der Waals surface area contributed by atoms with E-state index in [4.69, 9.17) is 4.74 Å². The summed E-state index contributed by atoms with van der Waals surface area (Å²) in [5, 5.41) is 6.03. The lowest BCUT2D eigenvalue weighted by Gasteiger charge is -2.11. The average molecular weight is 356 g/mol. The number of anilines is 3. The summed E-state index contributed by atoms with van der Waals surface area (Å²) in [5.74, 6) is 0.407. The maximum atomic E-state index is 13.4. The van der Waals surface area contributed by atoms with Crippen molar-refractivity contribution in [2.75, 3.05) is 24.3 Å². The van der Waals surface area contributed by atoms with Crippen LogP contribution < -0.4 is 15.4 Å². The zero-order chi connectivity index (χ0) is 15.4. The zero-order valence-electron chi connectivity index (χ0n) is 11.9. The van der Waals surface area contributed by atoms with Crippen molar-refractivity contribution >= 4 is 33.5 Å². The number of halogens is 2. The fourth-order valence-electron chi connectivity index (χ4n) is 1.64. The van der Waals surface area contributed by atoms with E-state index in [1.165, 1.54) is 13.2 Å². The largest absolute Gasteiger partial charge is 0.467 e. The highest BCUT2D eigenvalue weighted by atomic mass is 79.9. The third-order valence-electron chi connectivity index (χ3n) is 2.65. The summed E-state index contributed by atoms with van der Waals surface area (Å²) in [6, 6.07) is 3.26. The van der Waals surface area contributed by atoms with Gasteiger partial charge in [0.2, 0.25) is 11.9 Å². The van der Waals surface area contributed by atoms with Gasteiger partial charge in [0.1, 0.15) is 5.82 Å². The second-order valence-electron chi connectivity index (χ2n) is 4.21. The van der Waals surface area contributed by atoms with Gasteiger partial charge in [0.25, 0.3) is 0 Å². The van der Waals surface area contributed by atoms with Gasteiger partial charge < -0.3 is 15.4 Å². The first kappa shape index (κ1) is 15.4. The molecule has 1 aromatic carbocycles. The lowest BCUT2D eigenvalue weighted by atomic mass is 10.2. The summed E-state index contributed by atoms with van der Waals surface area (Å²) in [4.78, 5) is 12.4. The van der Waals surface area contributed by atoms with E-state index in [-0.39, 0.29) is 11.8 Å². The molecule has 0 spiro atoms. The Balaban J connectivity index is 2.34. The molecule has 0 atom stereocenters. The molecule has 8 heteroatoms. The SMILES string of the molecule is CCNc1nc(Nc2cc(Br)c(F)cc2C)nc(OC)n1. The maximum absolute atomic E-state index is 13.4. The van der Waals surface area contributed by atoms with Gasteiger partial charge >= 0.3 is 6.01 Å². The number of ether oxygens (including phenoxy) is 1. The molecule has 0 saturated carbocycles. The van der Waals surface area contributed by atoms with Gasteiger partial charge in [-0.05, 0) is 47.5 Å². The van der Waals surface area contributed by atoms with Gasteiger partial charge in [0.05, 0.1) is 11.6 Å². The molecule has 1 heterocycles. The summed E-state index contributed by atoms with van der Waals surface area (Å²) in [7, 11) is 1.48. The van der Waals surface area contributed by atoms with Gasteiger partial charge in [-0.2, -0.15) is 15.0 Å². The van der Waals surface area contributed by atoms with Crippen molar-refractivity contribution in [2.45, 2.75) is 13.8 Å². The summed E-state index contributed by atoms with van der Waals surface area (Å²) < 4.78 is 18.8. The van der Waals surface area contributed by atoms with Gasteiger partial charge in [-0.3, -0.25) is 0 Å². The van der Waals surface area contributed by atoms with E-state index >= 15 is 0 Å². The molecule has 112 valence electrons. The van der Waals surface area contributed by atoms with Crippen molar-refractivity contribution in [3.63, 3.8) is 0 Å². The third kappa shape index (κ3) is 3.78. The molecule has 0 unspecified atom stereocenters. The number of aromatic nitrogens is 3. The first-order chi connectivity index (χ1) is 10.0. The van der Waals surface area contributed by atoms with Crippen molar-refractivity contribution < 1.29 is 9.13 Å². The smallest absolute Gasteiger partial charge is 0.322 e. The maximum Gasteiger partial charge on any atom is 0.322 e. The van der Waals surface area contributed by atoms with Gasteiger partial charge in [-0.1, -0.05) is 0 Å². The Kier molecular flexibility index (Phi) is 4.89. The molecular weight excluding hydrogens is 341 g/mol. The number of benzene rings is 1. The Morgan fingerprint density at radius 1 is 1.24 bits per heavy atom. The number of nitrogens with zero attached hydrogens (tertiary/aromatic N) is 3. The summed E-state index contributed by atoms with van der Waals surface area (Å²) in [6.45, 7) is 4.40. The van der Waals surface area contributed by atoms with Gasteiger partial charge in [-0.25, -0.2) is 4.39 Å². The standard InChI is InChI=1S/C13H15BrFN5O/c1-4-16-11-18-12(20-13(19-11)21-3)17-10-6-8(14)9(15)5-7(10)2/h5-6H,4H2,1-3H3,(H2,16,17,18,19,20). The molecule has 0 aliphatic carbocycles. The molecule has 6 nitrogen and oxygen atoms in total. The van der Waals surface area contributed by atoms with Crippen LogP contribution in [0.5, 0.6) is 6.01 Å². The number of nitrogens with one attached hydrogen (secondary N) is 2. The Hall–Kier alpha value is -1.96. The van der Waals surface area contributed by atoms with Crippen molar-refractivity contribution in [3.05, 3.63) is 28.0 Å². The van der Waals surface area contributed by atoms with E-state index in [0.717, 1.165) is 5.56 Å². The normalized spacial score (nSPS) is 10.3. The van der Waals surface area contributed by atoms with Crippen LogP contribution in [-0.2, 0) is 0 Å². The van der Waals surface area contributed by atoms with Crippen molar-refractivity contribution in [1.82, 2.24) is 15.0 Å². The Morgan fingerprint density at radius 2 is 1.95 bits per heavy atom. The second kappa shape index (κ2) is 6.66. The monoisotopic (exact) mass is 355 g/mol. The number of hydrogen-bond acceptors (Lipinski definition) is 6. The molecule has 2 rings (SSSR count). The predicted molar refractivity (Wildman–Crippen MR) is 82.7 cm³/mol. The lowest BCUT2D eigenvalue weighted by Crippen LogP contribution is -2.08. The van der Waals surface area contributed by atoms with Gasteiger partial charge in [0, 0.05) is 12.2 Å². The molecule has 0 aliphatic heterocycles. The van der Waals surface area contributed by atoms with E-state index in [1.54, 1.807) is 13.0 Å². The topological polar surface area (TPSA) is 72.0 Å². The molecule has 1 aromatic heterocycles. The molecule has 0 aliphatic rings. The van der Waals surface area contributed by atoms with Crippen LogP contribution in [0.3, 0.4) is 0 Å². The Bertz CT molecular complexity index is 653. The van der Waals surface area contributed by atoms with E-state index in [0.29, 0.717) is 28.6 Å². The minimum atomic E-state index is -0.320. The number of hydrogen-bond donors (Lipinski definition) is 2. The number of rotatable bonds is 5. The first-order valence-corrected chi connectivity index (χ1v) is 7.09. The predicted octanol–water partition coefficient (Wildman–Crippen LogP) is 3.27. The highest BCUT2D eigenvalue weighted by Crippen LogP contribution is 2.26. The quantitative estimate of drug-likeness (QED) is 0.857. The highest BCUT2D eigenvalue weighted by Gasteiger charge is 2.10. The van der Waals surface area contributed by atoms with Gasteiger partial charge in [0.15, 0.2) is 0 Å². The highest BCUT2D eigenvalue weighted by molar-refractivity contribution is 9.10. The zero-order valence-corrected chi connectivity index (χ0v) is 13.5. The molecular formula is C13H15BrFN5O.